The summed E-state index contributed by atoms with van der Waals surface area (Å²) in [6.45, 7) is 2.61. The molecule has 5 heteroatoms. The largest absolute Gasteiger partial charge is 0.390 e. The first-order valence-electron chi connectivity index (χ1n) is 8.66. The fraction of sp³-hybridized carbons (Fsp3) is 0.474. The SMILES string of the molecule is CN(Cc1cnccn1)[C@@H]1c2ccccc2C2(CCNCC2)[C@H]1O. The molecular formula is C19H24N4O. The number of nitrogens with zero attached hydrogens (tertiary/aromatic N) is 3. The van der Waals surface area contributed by atoms with Gasteiger partial charge in [0.1, 0.15) is 0 Å². The summed E-state index contributed by atoms with van der Waals surface area (Å²) in [5.41, 5.74) is 3.40. The fourth-order valence-corrected chi connectivity index (χ4v) is 4.52. The molecule has 126 valence electrons. The van der Waals surface area contributed by atoms with Crippen LogP contribution in [0.15, 0.2) is 42.9 Å². The Balaban J connectivity index is 1.68. The highest BCUT2D eigenvalue weighted by Gasteiger charge is 2.52. The molecule has 0 amide bonds. The summed E-state index contributed by atoms with van der Waals surface area (Å²) in [6.07, 6.45) is 6.79. The van der Waals surface area contributed by atoms with Gasteiger partial charge < -0.3 is 10.4 Å². The van der Waals surface area contributed by atoms with Gasteiger partial charge in [-0.2, -0.15) is 0 Å². The highest BCUT2D eigenvalue weighted by Crippen LogP contribution is 2.51. The first-order chi connectivity index (χ1) is 11.7. The molecule has 1 spiro atoms. The van der Waals surface area contributed by atoms with Gasteiger partial charge in [-0.3, -0.25) is 14.9 Å². The highest BCUT2D eigenvalue weighted by molar-refractivity contribution is 5.45. The van der Waals surface area contributed by atoms with Crippen LogP contribution >= 0.6 is 0 Å². The molecule has 1 fully saturated rings. The molecule has 0 radical (unpaired) electrons. The zero-order valence-electron chi connectivity index (χ0n) is 14.0. The van der Waals surface area contributed by atoms with Gasteiger partial charge >= 0.3 is 0 Å². The van der Waals surface area contributed by atoms with Crippen molar-refractivity contribution in [3.8, 4) is 0 Å². The van der Waals surface area contributed by atoms with E-state index in [0.29, 0.717) is 6.54 Å². The van der Waals surface area contributed by atoms with Gasteiger partial charge in [0.25, 0.3) is 0 Å². The molecule has 1 aromatic heterocycles. The smallest absolute Gasteiger partial charge is 0.0834 e. The second-order valence-electron chi connectivity index (χ2n) is 6.99. The van der Waals surface area contributed by atoms with Crippen molar-refractivity contribution in [1.82, 2.24) is 20.2 Å². The molecule has 1 aromatic carbocycles. The fourth-order valence-electron chi connectivity index (χ4n) is 4.52. The number of rotatable bonds is 3. The van der Waals surface area contributed by atoms with Crippen molar-refractivity contribution in [3.05, 3.63) is 59.7 Å². The van der Waals surface area contributed by atoms with Crippen molar-refractivity contribution >= 4 is 0 Å². The normalized spacial score (nSPS) is 25.1. The average molecular weight is 324 g/mol. The summed E-state index contributed by atoms with van der Waals surface area (Å²) < 4.78 is 0. The molecule has 0 bridgehead atoms. The standard InChI is InChI=1S/C19H24N4O/c1-23(13-14-12-21-10-11-22-14)17-15-4-2-3-5-16(15)19(18(17)24)6-8-20-9-7-19/h2-5,10-12,17-18,20,24H,6-9,13H2,1H3/t17-,18+/m1/s1. The monoisotopic (exact) mass is 324 g/mol. The van der Waals surface area contributed by atoms with Crippen LogP contribution in [0.25, 0.3) is 0 Å². The van der Waals surface area contributed by atoms with Crippen LogP contribution in [0.1, 0.15) is 35.7 Å². The Morgan fingerprint density at radius 1 is 1.25 bits per heavy atom. The minimum Gasteiger partial charge on any atom is -0.390 e. The summed E-state index contributed by atoms with van der Waals surface area (Å²) >= 11 is 0. The summed E-state index contributed by atoms with van der Waals surface area (Å²) in [4.78, 5) is 10.7. The van der Waals surface area contributed by atoms with Gasteiger partial charge in [-0.25, -0.2) is 0 Å². The van der Waals surface area contributed by atoms with Crippen molar-refractivity contribution in [2.75, 3.05) is 20.1 Å². The van der Waals surface area contributed by atoms with Gasteiger partial charge in [-0.05, 0) is 44.1 Å². The number of hydrogen-bond donors (Lipinski definition) is 2. The zero-order valence-corrected chi connectivity index (χ0v) is 14.0. The molecule has 5 nitrogen and oxygen atoms in total. The van der Waals surface area contributed by atoms with Gasteiger partial charge in [-0.1, -0.05) is 24.3 Å². The predicted molar refractivity (Wildman–Crippen MR) is 92.5 cm³/mol. The molecule has 1 aliphatic heterocycles. The lowest BCUT2D eigenvalue weighted by Gasteiger charge is -2.40. The van der Waals surface area contributed by atoms with Gasteiger partial charge in [0.15, 0.2) is 0 Å². The topological polar surface area (TPSA) is 61.3 Å². The lowest BCUT2D eigenvalue weighted by Crippen LogP contribution is -2.48. The summed E-state index contributed by atoms with van der Waals surface area (Å²) in [5, 5.41) is 14.8. The maximum Gasteiger partial charge on any atom is 0.0834 e. The van der Waals surface area contributed by atoms with Crippen LogP contribution in [-0.2, 0) is 12.0 Å². The van der Waals surface area contributed by atoms with E-state index in [-0.39, 0.29) is 11.5 Å². The van der Waals surface area contributed by atoms with Crippen LogP contribution in [0.5, 0.6) is 0 Å². The predicted octanol–water partition coefficient (Wildman–Crippen LogP) is 1.65. The molecule has 24 heavy (non-hydrogen) atoms. The first kappa shape index (κ1) is 15.7. The number of benzene rings is 1. The number of hydrogen-bond acceptors (Lipinski definition) is 5. The van der Waals surface area contributed by atoms with Gasteiger partial charge in [-0.15, -0.1) is 0 Å². The third-order valence-electron chi connectivity index (χ3n) is 5.68. The lowest BCUT2D eigenvalue weighted by atomic mass is 9.72. The second-order valence-corrected chi connectivity index (χ2v) is 6.99. The molecule has 0 unspecified atom stereocenters. The molecule has 2 aliphatic rings. The van der Waals surface area contributed by atoms with E-state index < -0.39 is 6.10 Å². The van der Waals surface area contributed by atoms with E-state index in [2.05, 4.69) is 51.5 Å². The van der Waals surface area contributed by atoms with Crippen LogP contribution in [0.3, 0.4) is 0 Å². The van der Waals surface area contributed by atoms with Crippen molar-refractivity contribution in [3.63, 3.8) is 0 Å². The quantitative estimate of drug-likeness (QED) is 0.899. The Bertz CT molecular complexity index is 700. The number of aliphatic hydroxyl groups excluding tert-OH is 1. The number of fused-ring (bicyclic) bond motifs is 2. The molecule has 2 atom stereocenters. The Hall–Kier alpha value is -1.82. The Kier molecular flexibility index (Phi) is 4.08. The second kappa shape index (κ2) is 6.24. The van der Waals surface area contributed by atoms with E-state index in [4.69, 9.17) is 0 Å². The summed E-state index contributed by atoms with van der Waals surface area (Å²) in [7, 11) is 2.07. The maximum absolute atomic E-state index is 11.3. The molecule has 2 heterocycles. The molecule has 2 N–H and O–H groups in total. The van der Waals surface area contributed by atoms with Gasteiger partial charge in [0.05, 0.1) is 17.8 Å². The van der Waals surface area contributed by atoms with Gasteiger partial charge in [0, 0.05) is 30.6 Å². The minimum absolute atomic E-state index is 0.00121. The van der Waals surface area contributed by atoms with E-state index >= 15 is 0 Å². The number of aromatic nitrogens is 2. The maximum atomic E-state index is 11.3. The van der Waals surface area contributed by atoms with E-state index in [0.717, 1.165) is 31.6 Å². The average Bonchev–Trinajstić information content (AvgIpc) is 2.86. The van der Waals surface area contributed by atoms with Crippen LogP contribution in [0.4, 0.5) is 0 Å². The Labute approximate surface area is 142 Å². The van der Waals surface area contributed by atoms with Crippen LogP contribution in [0, 0.1) is 0 Å². The van der Waals surface area contributed by atoms with Crippen molar-refractivity contribution in [2.24, 2.45) is 0 Å². The lowest BCUT2D eigenvalue weighted by molar-refractivity contribution is 0.00385. The number of piperidine rings is 1. The highest BCUT2D eigenvalue weighted by atomic mass is 16.3. The first-order valence-corrected chi connectivity index (χ1v) is 8.66. The third-order valence-corrected chi connectivity index (χ3v) is 5.68. The van der Waals surface area contributed by atoms with Crippen LogP contribution < -0.4 is 5.32 Å². The Morgan fingerprint density at radius 2 is 2.04 bits per heavy atom. The van der Waals surface area contributed by atoms with E-state index in [9.17, 15) is 5.11 Å². The number of nitrogens with one attached hydrogen (secondary N) is 1. The summed E-state index contributed by atoms with van der Waals surface area (Å²) in [5.74, 6) is 0. The molecule has 0 saturated carbocycles. The molecule has 1 saturated heterocycles. The van der Waals surface area contributed by atoms with E-state index in [1.165, 1.54) is 11.1 Å². The van der Waals surface area contributed by atoms with E-state index in [1.54, 1.807) is 18.6 Å². The third kappa shape index (κ3) is 2.44. The van der Waals surface area contributed by atoms with Crippen molar-refractivity contribution in [1.29, 1.82) is 0 Å². The molecule has 1 aliphatic carbocycles. The van der Waals surface area contributed by atoms with Crippen LogP contribution in [-0.4, -0.2) is 46.2 Å². The minimum atomic E-state index is -0.390. The molecule has 4 rings (SSSR count). The Morgan fingerprint density at radius 3 is 2.79 bits per heavy atom. The van der Waals surface area contributed by atoms with Crippen molar-refractivity contribution < 1.29 is 5.11 Å². The van der Waals surface area contributed by atoms with Crippen molar-refractivity contribution in [2.45, 2.75) is 36.9 Å². The zero-order chi connectivity index (χ0) is 16.6. The number of aliphatic hydroxyl groups is 1. The van der Waals surface area contributed by atoms with E-state index in [1.807, 2.05) is 0 Å². The van der Waals surface area contributed by atoms with Crippen LogP contribution in [0.2, 0.25) is 0 Å². The number of likely N-dealkylation sites (N-methyl/N-ethyl adjacent to an activating group) is 1. The summed E-state index contributed by atoms with van der Waals surface area (Å²) in [6, 6.07) is 8.56. The van der Waals surface area contributed by atoms with Gasteiger partial charge in [0.2, 0.25) is 0 Å². The molecule has 2 aromatic rings. The molecular weight excluding hydrogens is 300 g/mol.